The fraction of sp³-hybridized carbons (Fsp3) is 0.0870. The van der Waals surface area contributed by atoms with Crippen LogP contribution >= 0.6 is 11.3 Å². The molecule has 7 heteroatoms. The molecule has 0 bridgehead atoms. The van der Waals surface area contributed by atoms with Gasteiger partial charge in [0.05, 0.1) is 23.6 Å². The fourth-order valence-electron chi connectivity index (χ4n) is 3.73. The van der Waals surface area contributed by atoms with Gasteiger partial charge in [-0.15, -0.1) is 11.3 Å². The monoisotopic (exact) mass is 433 g/mol. The van der Waals surface area contributed by atoms with Gasteiger partial charge < -0.3 is 4.57 Å². The highest BCUT2D eigenvalue weighted by molar-refractivity contribution is 7.91. The molecule has 5 rings (SSSR count). The fourth-order valence-corrected chi connectivity index (χ4v) is 5.76. The van der Waals surface area contributed by atoms with Crippen LogP contribution in [0.5, 0.6) is 0 Å². The zero-order valence-corrected chi connectivity index (χ0v) is 17.6. The molecule has 30 heavy (non-hydrogen) atoms. The van der Waals surface area contributed by atoms with E-state index in [1.54, 1.807) is 17.5 Å². The van der Waals surface area contributed by atoms with Gasteiger partial charge in [-0.3, -0.25) is 4.99 Å². The maximum atomic E-state index is 12.7. The highest BCUT2D eigenvalue weighted by Gasteiger charge is 2.25. The van der Waals surface area contributed by atoms with Gasteiger partial charge >= 0.3 is 0 Å². The van der Waals surface area contributed by atoms with Crippen molar-refractivity contribution >= 4 is 27.1 Å². The minimum Gasteiger partial charge on any atom is -0.315 e. The molecule has 0 amide bonds. The van der Waals surface area contributed by atoms with E-state index in [-0.39, 0.29) is 12.6 Å². The number of nitrogens with one attached hydrogen (secondary N) is 1. The molecule has 150 valence electrons. The lowest BCUT2D eigenvalue weighted by Gasteiger charge is -2.16. The van der Waals surface area contributed by atoms with Gasteiger partial charge in [-0.05, 0) is 35.2 Å². The van der Waals surface area contributed by atoms with Crippen LogP contribution in [0.25, 0.3) is 5.69 Å². The summed E-state index contributed by atoms with van der Waals surface area (Å²) >= 11 is 1.20. The van der Waals surface area contributed by atoms with Crippen molar-refractivity contribution in [2.45, 2.75) is 10.3 Å². The average molecular weight is 434 g/mol. The highest BCUT2D eigenvalue weighted by atomic mass is 32.2. The Kier molecular flexibility index (Phi) is 4.86. The van der Waals surface area contributed by atoms with E-state index in [4.69, 9.17) is 4.99 Å². The van der Waals surface area contributed by atoms with Gasteiger partial charge in [0.15, 0.2) is 0 Å². The second-order valence-electron chi connectivity index (χ2n) is 6.97. The van der Waals surface area contributed by atoms with Gasteiger partial charge in [0.1, 0.15) is 10.3 Å². The molecule has 0 saturated heterocycles. The predicted octanol–water partition coefficient (Wildman–Crippen LogP) is 4.41. The Morgan fingerprint density at radius 2 is 1.73 bits per heavy atom. The average Bonchev–Trinajstić information content (AvgIpc) is 3.46. The zero-order chi connectivity index (χ0) is 20.6. The van der Waals surface area contributed by atoms with Gasteiger partial charge in [-0.2, -0.15) is 0 Å². The molecule has 0 saturated carbocycles. The topological polar surface area (TPSA) is 63.5 Å². The summed E-state index contributed by atoms with van der Waals surface area (Å²) in [6, 6.07) is 25.3. The zero-order valence-electron chi connectivity index (χ0n) is 16.0. The first-order valence-corrected chi connectivity index (χ1v) is 11.9. The molecular formula is C23H19N3O2S2. The Morgan fingerprint density at radius 3 is 2.53 bits per heavy atom. The van der Waals surface area contributed by atoms with E-state index in [2.05, 4.69) is 33.6 Å². The number of aromatic nitrogens is 1. The first-order chi connectivity index (χ1) is 14.6. The lowest BCUT2D eigenvalue weighted by molar-refractivity contribution is 0.588. The number of fused-ring (bicyclic) bond motifs is 3. The summed E-state index contributed by atoms with van der Waals surface area (Å²) in [5, 5.41) is 1.75. The Hall–Kier alpha value is -3.00. The predicted molar refractivity (Wildman–Crippen MR) is 120 cm³/mol. The minimum atomic E-state index is -3.58. The van der Waals surface area contributed by atoms with Crippen LogP contribution in [0.3, 0.4) is 0 Å². The number of para-hydroxylation sites is 1. The maximum Gasteiger partial charge on any atom is 0.250 e. The highest BCUT2D eigenvalue weighted by Crippen LogP contribution is 2.34. The molecule has 0 fully saturated rings. The molecule has 0 spiro atoms. The first kappa shape index (κ1) is 19.0. The third-order valence-corrected chi connectivity index (χ3v) is 7.92. The molecular weight excluding hydrogens is 414 g/mol. The normalized spacial score (nSPS) is 15.7. The summed E-state index contributed by atoms with van der Waals surface area (Å²) in [6.07, 6.45) is 1.99. The van der Waals surface area contributed by atoms with Gasteiger partial charge in [0, 0.05) is 11.8 Å². The molecule has 4 aromatic rings. The van der Waals surface area contributed by atoms with E-state index >= 15 is 0 Å². The second-order valence-corrected chi connectivity index (χ2v) is 9.91. The molecule has 1 aliphatic rings. The number of thiophene rings is 1. The molecule has 1 N–H and O–H groups in total. The second kappa shape index (κ2) is 7.68. The van der Waals surface area contributed by atoms with Gasteiger partial charge in [-0.1, -0.05) is 54.6 Å². The van der Waals surface area contributed by atoms with Crippen molar-refractivity contribution in [2.24, 2.45) is 4.99 Å². The first-order valence-electron chi connectivity index (χ1n) is 9.55. The number of nitrogens with zero attached hydrogens (tertiary/aromatic N) is 2. The van der Waals surface area contributed by atoms with Crippen molar-refractivity contribution < 1.29 is 8.42 Å². The summed E-state index contributed by atoms with van der Waals surface area (Å²) in [5.74, 6) is 0. The Bertz CT molecular complexity index is 1310. The van der Waals surface area contributed by atoms with Crippen molar-refractivity contribution in [1.29, 1.82) is 0 Å². The quantitative estimate of drug-likeness (QED) is 0.507. The van der Waals surface area contributed by atoms with E-state index in [1.807, 2.05) is 48.7 Å². The number of hydrogen-bond acceptors (Lipinski definition) is 4. The molecule has 2 aromatic carbocycles. The van der Waals surface area contributed by atoms with Crippen LogP contribution in [0, 0.1) is 0 Å². The van der Waals surface area contributed by atoms with Gasteiger partial charge in [-0.25, -0.2) is 13.1 Å². The molecule has 0 unspecified atom stereocenters. The Balaban J connectivity index is 1.60. The summed E-state index contributed by atoms with van der Waals surface area (Å²) in [6.45, 7) is 0.113. The molecule has 3 heterocycles. The summed E-state index contributed by atoms with van der Waals surface area (Å²) in [7, 11) is -3.58. The number of hydrogen-bond donors (Lipinski definition) is 1. The van der Waals surface area contributed by atoms with Crippen LogP contribution in [0.15, 0.2) is 99.6 Å². The lowest BCUT2D eigenvalue weighted by Crippen LogP contribution is -2.30. The Morgan fingerprint density at radius 1 is 0.933 bits per heavy atom. The van der Waals surface area contributed by atoms with Crippen LogP contribution in [0.2, 0.25) is 0 Å². The van der Waals surface area contributed by atoms with Crippen molar-refractivity contribution in [3.8, 4) is 5.69 Å². The molecule has 0 aliphatic carbocycles. The number of rotatable bonds is 5. The van der Waals surface area contributed by atoms with Crippen LogP contribution in [0.4, 0.5) is 0 Å². The van der Waals surface area contributed by atoms with Gasteiger partial charge in [0.25, 0.3) is 0 Å². The third kappa shape index (κ3) is 3.41. The molecule has 5 nitrogen and oxygen atoms in total. The molecule has 0 radical (unpaired) electrons. The summed E-state index contributed by atoms with van der Waals surface area (Å²) in [5.41, 5.74) is 4.78. The van der Waals surface area contributed by atoms with Crippen molar-refractivity contribution in [2.75, 3.05) is 6.54 Å². The van der Waals surface area contributed by atoms with Crippen molar-refractivity contribution in [1.82, 2.24) is 9.29 Å². The number of sulfonamides is 1. The smallest absolute Gasteiger partial charge is 0.250 e. The molecule has 2 aromatic heterocycles. The largest absolute Gasteiger partial charge is 0.315 e. The van der Waals surface area contributed by atoms with Crippen LogP contribution < -0.4 is 4.72 Å². The minimum absolute atomic E-state index is 0.113. The SMILES string of the molecule is O=S(=O)(NCC1=N[C@H](c2ccccc2)c2ccccc2-n2cccc21)c1cccs1. The van der Waals surface area contributed by atoms with E-state index in [0.29, 0.717) is 9.92 Å². The molecule has 1 aliphatic heterocycles. The third-order valence-electron chi connectivity index (χ3n) is 5.13. The van der Waals surface area contributed by atoms with Crippen molar-refractivity contribution in [3.05, 3.63) is 107 Å². The van der Waals surface area contributed by atoms with E-state index in [9.17, 15) is 8.42 Å². The Labute approximate surface area is 179 Å². The summed E-state index contributed by atoms with van der Waals surface area (Å²) in [4.78, 5) is 5.06. The summed E-state index contributed by atoms with van der Waals surface area (Å²) < 4.78 is 30.5. The standard InChI is InChI=1S/C23H19N3O2S2/c27-30(28,22-13-7-15-29-22)24-16-19-21-12-6-14-26(21)20-11-5-4-10-18(20)23(25-19)17-8-2-1-3-9-17/h1-15,23-24H,16H2/t23-/m1/s1. The van der Waals surface area contributed by atoms with E-state index < -0.39 is 10.0 Å². The molecule has 1 atom stereocenters. The van der Waals surface area contributed by atoms with Crippen molar-refractivity contribution in [3.63, 3.8) is 0 Å². The van der Waals surface area contributed by atoms with E-state index in [0.717, 1.165) is 22.5 Å². The number of benzene rings is 2. The van der Waals surface area contributed by atoms with Gasteiger partial charge in [0.2, 0.25) is 10.0 Å². The van der Waals surface area contributed by atoms with E-state index in [1.165, 1.54) is 11.3 Å². The van der Waals surface area contributed by atoms with Crippen LogP contribution in [0.1, 0.15) is 22.9 Å². The van der Waals surface area contributed by atoms with Crippen LogP contribution in [-0.4, -0.2) is 25.2 Å². The lowest BCUT2D eigenvalue weighted by atomic mass is 9.98. The maximum absolute atomic E-state index is 12.7. The van der Waals surface area contributed by atoms with Crippen LogP contribution in [-0.2, 0) is 10.0 Å². The number of aliphatic imine (C=N–C) groups is 1.